The van der Waals surface area contributed by atoms with Gasteiger partial charge in [0, 0.05) is 23.4 Å². The van der Waals surface area contributed by atoms with Gasteiger partial charge in [-0.05, 0) is 36.4 Å². The van der Waals surface area contributed by atoms with Crippen LogP contribution < -0.4 is 10.1 Å². The first kappa shape index (κ1) is 17.0. The van der Waals surface area contributed by atoms with Gasteiger partial charge in [-0.3, -0.25) is 4.79 Å². The number of aryl methyl sites for hydroxylation is 1. The number of rotatable bonds is 6. The second-order valence-corrected chi connectivity index (χ2v) is 5.69. The van der Waals surface area contributed by atoms with E-state index in [1.54, 1.807) is 43.5 Å². The largest absolute Gasteiger partial charge is 0.495 e. The first-order valence-electron chi connectivity index (χ1n) is 7.67. The summed E-state index contributed by atoms with van der Waals surface area (Å²) in [7, 11) is 1.56. The Bertz CT molecular complexity index is 862. The smallest absolute Gasteiger partial charge is 0.247 e. The molecule has 0 aliphatic rings. The molecule has 0 unspecified atom stereocenters. The van der Waals surface area contributed by atoms with E-state index in [-0.39, 0.29) is 12.3 Å². The third-order valence-corrected chi connectivity index (χ3v) is 3.76. The minimum Gasteiger partial charge on any atom is -0.495 e. The molecule has 1 amide bonds. The number of anilines is 1. The van der Waals surface area contributed by atoms with Crippen LogP contribution >= 0.6 is 11.6 Å². The lowest BCUT2D eigenvalue weighted by Gasteiger charge is -2.09. The van der Waals surface area contributed by atoms with Crippen LogP contribution in [-0.2, 0) is 11.2 Å². The number of methoxy groups -OCH3 is 1. The fourth-order valence-electron chi connectivity index (χ4n) is 2.24. The van der Waals surface area contributed by atoms with E-state index in [4.69, 9.17) is 20.8 Å². The van der Waals surface area contributed by atoms with E-state index in [2.05, 4.69) is 15.5 Å². The van der Waals surface area contributed by atoms with Crippen LogP contribution in [-0.4, -0.2) is 23.2 Å². The summed E-state index contributed by atoms with van der Waals surface area (Å²) < 4.78 is 10.8. The van der Waals surface area contributed by atoms with Gasteiger partial charge in [0.25, 0.3) is 0 Å². The van der Waals surface area contributed by atoms with Crippen molar-refractivity contribution < 1.29 is 13.9 Å². The molecule has 0 saturated heterocycles. The third kappa shape index (κ3) is 4.36. The molecule has 6 nitrogen and oxygen atoms in total. The minimum absolute atomic E-state index is 0.157. The molecule has 0 spiro atoms. The topological polar surface area (TPSA) is 77.2 Å². The standard InChI is InChI=1S/C18H16ClN3O3/c1-24-15-5-3-2-4-14(15)20-16(23)10-11-17-21-22-18(25-17)12-6-8-13(19)9-7-12/h2-9H,10-11H2,1H3,(H,20,23). The number of hydrogen-bond acceptors (Lipinski definition) is 5. The fourth-order valence-corrected chi connectivity index (χ4v) is 2.37. The quantitative estimate of drug-likeness (QED) is 0.722. The molecular weight excluding hydrogens is 342 g/mol. The molecule has 0 radical (unpaired) electrons. The molecule has 1 aromatic heterocycles. The van der Waals surface area contributed by atoms with Gasteiger partial charge in [0.1, 0.15) is 5.75 Å². The van der Waals surface area contributed by atoms with Gasteiger partial charge in [0.2, 0.25) is 17.7 Å². The van der Waals surface area contributed by atoms with Gasteiger partial charge in [-0.1, -0.05) is 23.7 Å². The van der Waals surface area contributed by atoms with Crippen LogP contribution in [0.25, 0.3) is 11.5 Å². The Hall–Kier alpha value is -2.86. The monoisotopic (exact) mass is 357 g/mol. The zero-order valence-corrected chi connectivity index (χ0v) is 14.3. The van der Waals surface area contributed by atoms with Crippen molar-refractivity contribution in [1.29, 1.82) is 0 Å². The highest BCUT2D eigenvalue weighted by molar-refractivity contribution is 6.30. The molecule has 3 rings (SSSR count). The van der Waals surface area contributed by atoms with Crippen LogP contribution in [0.15, 0.2) is 52.9 Å². The lowest BCUT2D eigenvalue weighted by atomic mass is 10.2. The van der Waals surface area contributed by atoms with Crippen molar-refractivity contribution in [3.63, 3.8) is 0 Å². The van der Waals surface area contributed by atoms with E-state index in [0.717, 1.165) is 5.56 Å². The molecule has 0 aliphatic carbocycles. The number of halogens is 1. The number of para-hydroxylation sites is 2. The van der Waals surface area contributed by atoms with Crippen molar-refractivity contribution in [2.75, 3.05) is 12.4 Å². The average molecular weight is 358 g/mol. The summed E-state index contributed by atoms with van der Waals surface area (Å²) in [5.74, 6) is 1.26. The van der Waals surface area contributed by atoms with Gasteiger partial charge in [-0.15, -0.1) is 10.2 Å². The molecule has 1 N–H and O–H groups in total. The zero-order chi connectivity index (χ0) is 17.6. The maximum absolute atomic E-state index is 12.1. The zero-order valence-electron chi connectivity index (χ0n) is 13.5. The van der Waals surface area contributed by atoms with Gasteiger partial charge in [0.05, 0.1) is 12.8 Å². The van der Waals surface area contributed by atoms with Crippen molar-refractivity contribution in [3.05, 3.63) is 59.4 Å². The van der Waals surface area contributed by atoms with Crippen molar-refractivity contribution >= 4 is 23.2 Å². The molecular formula is C18H16ClN3O3. The van der Waals surface area contributed by atoms with Gasteiger partial charge in [-0.25, -0.2) is 0 Å². The Morgan fingerprint density at radius 2 is 1.92 bits per heavy atom. The molecule has 0 bridgehead atoms. The highest BCUT2D eigenvalue weighted by Gasteiger charge is 2.12. The van der Waals surface area contributed by atoms with E-state index in [1.807, 2.05) is 12.1 Å². The Morgan fingerprint density at radius 1 is 1.16 bits per heavy atom. The van der Waals surface area contributed by atoms with Crippen LogP contribution in [0.4, 0.5) is 5.69 Å². The molecule has 0 aliphatic heterocycles. The highest BCUT2D eigenvalue weighted by Crippen LogP contribution is 2.23. The lowest BCUT2D eigenvalue weighted by molar-refractivity contribution is -0.116. The molecule has 0 atom stereocenters. The number of benzene rings is 2. The Kier molecular flexibility index (Phi) is 5.30. The third-order valence-electron chi connectivity index (χ3n) is 3.51. The summed E-state index contributed by atoms with van der Waals surface area (Å²) in [6, 6.07) is 14.3. The molecule has 0 fully saturated rings. The number of nitrogens with one attached hydrogen (secondary N) is 1. The van der Waals surface area contributed by atoms with Crippen molar-refractivity contribution in [3.8, 4) is 17.2 Å². The summed E-state index contributed by atoms with van der Waals surface area (Å²) in [5.41, 5.74) is 1.41. The van der Waals surface area contributed by atoms with Gasteiger partial charge < -0.3 is 14.5 Å². The first-order chi connectivity index (χ1) is 12.2. The molecule has 1 heterocycles. The maximum Gasteiger partial charge on any atom is 0.247 e. The van der Waals surface area contributed by atoms with E-state index < -0.39 is 0 Å². The number of amides is 1. The molecule has 0 saturated carbocycles. The van der Waals surface area contributed by atoms with Crippen LogP contribution in [0.3, 0.4) is 0 Å². The number of hydrogen-bond donors (Lipinski definition) is 1. The molecule has 25 heavy (non-hydrogen) atoms. The second-order valence-electron chi connectivity index (χ2n) is 5.26. The lowest BCUT2D eigenvalue weighted by Crippen LogP contribution is -2.13. The molecule has 2 aromatic carbocycles. The molecule has 7 heteroatoms. The number of carbonyl (C=O) groups is 1. The van der Waals surface area contributed by atoms with Crippen LogP contribution in [0.5, 0.6) is 5.75 Å². The first-order valence-corrected chi connectivity index (χ1v) is 8.04. The van der Waals surface area contributed by atoms with Crippen molar-refractivity contribution in [1.82, 2.24) is 10.2 Å². The van der Waals surface area contributed by atoms with Crippen molar-refractivity contribution in [2.24, 2.45) is 0 Å². The summed E-state index contributed by atoms with van der Waals surface area (Å²) in [4.78, 5) is 12.1. The van der Waals surface area contributed by atoms with Gasteiger partial charge in [-0.2, -0.15) is 0 Å². The predicted octanol–water partition coefficient (Wildman–Crippen LogP) is 3.97. The summed E-state index contributed by atoms with van der Waals surface area (Å²) in [6.07, 6.45) is 0.571. The number of nitrogens with zero attached hydrogens (tertiary/aromatic N) is 2. The molecule has 3 aromatic rings. The Morgan fingerprint density at radius 3 is 2.68 bits per heavy atom. The summed E-state index contributed by atoms with van der Waals surface area (Å²) in [6.45, 7) is 0. The normalized spacial score (nSPS) is 10.5. The van der Waals surface area contributed by atoms with Crippen LogP contribution in [0.2, 0.25) is 5.02 Å². The Balaban J connectivity index is 1.58. The predicted molar refractivity (Wildman–Crippen MR) is 94.7 cm³/mol. The van der Waals surface area contributed by atoms with Gasteiger partial charge in [0.15, 0.2) is 0 Å². The fraction of sp³-hybridized carbons (Fsp3) is 0.167. The van der Waals surface area contributed by atoms with E-state index in [0.29, 0.717) is 34.7 Å². The van der Waals surface area contributed by atoms with E-state index in [9.17, 15) is 4.79 Å². The molecule has 128 valence electrons. The van der Waals surface area contributed by atoms with Crippen LogP contribution in [0.1, 0.15) is 12.3 Å². The van der Waals surface area contributed by atoms with Gasteiger partial charge >= 0.3 is 0 Å². The number of aromatic nitrogens is 2. The van der Waals surface area contributed by atoms with Crippen molar-refractivity contribution in [2.45, 2.75) is 12.8 Å². The average Bonchev–Trinajstić information content (AvgIpc) is 3.10. The minimum atomic E-state index is -0.157. The maximum atomic E-state index is 12.1. The SMILES string of the molecule is COc1ccccc1NC(=O)CCc1nnc(-c2ccc(Cl)cc2)o1. The van der Waals surface area contributed by atoms with Crippen LogP contribution in [0, 0.1) is 0 Å². The highest BCUT2D eigenvalue weighted by atomic mass is 35.5. The van der Waals surface area contributed by atoms with E-state index >= 15 is 0 Å². The van der Waals surface area contributed by atoms with E-state index in [1.165, 1.54) is 0 Å². The number of carbonyl (C=O) groups excluding carboxylic acids is 1. The summed E-state index contributed by atoms with van der Waals surface area (Å²) in [5, 5.41) is 11.4. The summed E-state index contributed by atoms with van der Waals surface area (Å²) >= 11 is 5.86. The number of ether oxygens (including phenoxy) is 1. The Labute approximate surface area is 149 Å². The second kappa shape index (κ2) is 7.81.